The first kappa shape index (κ1) is 12.5. The van der Waals surface area contributed by atoms with Gasteiger partial charge in [-0.25, -0.2) is 0 Å². The maximum absolute atomic E-state index is 12.2. The van der Waals surface area contributed by atoms with Crippen LogP contribution >= 0.6 is 0 Å². The van der Waals surface area contributed by atoms with Crippen molar-refractivity contribution in [1.29, 1.82) is 0 Å². The highest BCUT2D eigenvalue weighted by Gasteiger charge is 2.14. The normalized spacial score (nSPS) is 12.6. The van der Waals surface area contributed by atoms with E-state index >= 15 is 0 Å². The van der Waals surface area contributed by atoms with Gasteiger partial charge in [-0.1, -0.05) is 20.3 Å². The molecule has 18 heavy (non-hydrogen) atoms. The molecule has 0 aliphatic heterocycles. The van der Waals surface area contributed by atoms with Gasteiger partial charge in [0.05, 0.1) is 0 Å². The molecule has 2 aromatic rings. The number of rotatable bonds is 4. The summed E-state index contributed by atoms with van der Waals surface area (Å²) in [5, 5.41) is 10.5. The van der Waals surface area contributed by atoms with Crippen molar-refractivity contribution < 1.29 is 4.79 Å². The second kappa shape index (κ2) is 5.16. The van der Waals surface area contributed by atoms with Crippen molar-refractivity contribution in [3.05, 3.63) is 23.8 Å². The number of hydrogen-bond donors (Lipinski definition) is 1. The minimum absolute atomic E-state index is 0.0280. The van der Waals surface area contributed by atoms with E-state index in [0.717, 1.165) is 24.0 Å². The number of amides is 1. The summed E-state index contributed by atoms with van der Waals surface area (Å²) in [7, 11) is 1.83. The molecule has 5 heteroatoms. The summed E-state index contributed by atoms with van der Waals surface area (Å²) >= 11 is 0. The first-order valence-electron chi connectivity index (χ1n) is 6.17. The molecule has 0 bridgehead atoms. The fourth-order valence-electron chi connectivity index (χ4n) is 1.87. The molecule has 2 rings (SSSR count). The molecule has 5 nitrogen and oxygen atoms in total. The van der Waals surface area contributed by atoms with Crippen LogP contribution in [0.2, 0.25) is 0 Å². The number of aromatic amines is 1. The van der Waals surface area contributed by atoms with Gasteiger partial charge in [-0.05, 0) is 24.1 Å². The minimum atomic E-state index is 0.0280. The van der Waals surface area contributed by atoms with Crippen LogP contribution in [0.5, 0.6) is 0 Å². The van der Waals surface area contributed by atoms with E-state index in [0.29, 0.717) is 11.5 Å². The second-order valence-electron chi connectivity index (χ2n) is 4.73. The lowest BCUT2D eigenvalue weighted by Gasteiger charge is -2.20. The van der Waals surface area contributed by atoms with Gasteiger partial charge in [-0.2, -0.15) is 15.4 Å². The van der Waals surface area contributed by atoms with Crippen LogP contribution in [0, 0.1) is 5.92 Å². The topological polar surface area (TPSA) is 61.9 Å². The number of aromatic nitrogens is 3. The van der Waals surface area contributed by atoms with Crippen LogP contribution in [-0.4, -0.2) is 39.8 Å². The monoisotopic (exact) mass is 246 g/mol. The van der Waals surface area contributed by atoms with Crippen LogP contribution in [0.15, 0.2) is 18.2 Å². The van der Waals surface area contributed by atoms with Crippen LogP contribution in [0.4, 0.5) is 0 Å². The van der Waals surface area contributed by atoms with Crippen LogP contribution in [0.25, 0.3) is 11.0 Å². The summed E-state index contributed by atoms with van der Waals surface area (Å²) in [6.07, 6.45) is 1.07. The molecule has 1 atom stereocenters. The van der Waals surface area contributed by atoms with E-state index in [4.69, 9.17) is 0 Å². The zero-order valence-corrected chi connectivity index (χ0v) is 11.0. The van der Waals surface area contributed by atoms with E-state index in [1.165, 1.54) is 0 Å². The third-order valence-electron chi connectivity index (χ3n) is 3.19. The Balaban J connectivity index is 2.16. The Bertz CT molecular complexity index is 549. The van der Waals surface area contributed by atoms with E-state index in [1.54, 1.807) is 17.0 Å². The molecule has 0 aliphatic carbocycles. The number of hydrogen-bond acceptors (Lipinski definition) is 3. The molecule has 0 unspecified atom stereocenters. The quantitative estimate of drug-likeness (QED) is 0.898. The summed E-state index contributed by atoms with van der Waals surface area (Å²) in [6.45, 7) is 5.04. The number of benzene rings is 1. The van der Waals surface area contributed by atoms with Crippen molar-refractivity contribution in [2.75, 3.05) is 13.6 Å². The fraction of sp³-hybridized carbons (Fsp3) is 0.462. The maximum Gasteiger partial charge on any atom is 0.253 e. The van der Waals surface area contributed by atoms with Gasteiger partial charge >= 0.3 is 0 Å². The molecular formula is C13H18N4O. The van der Waals surface area contributed by atoms with Gasteiger partial charge < -0.3 is 4.90 Å². The van der Waals surface area contributed by atoms with Gasteiger partial charge in [0.1, 0.15) is 11.0 Å². The van der Waals surface area contributed by atoms with Gasteiger partial charge in [0.25, 0.3) is 5.91 Å². The zero-order valence-electron chi connectivity index (χ0n) is 11.0. The molecule has 0 aliphatic rings. The zero-order chi connectivity index (χ0) is 13.1. The standard InChI is InChI=1S/C13H18N4O/c1-4-9(2)8-17(3)13(18)10-5-6-11-12(7-10)15-16-14-11/h5-7,9H,4,8H2,1-3H3,(H,14,15,16)/t9-/m1/s1. The predicted octanol–water partition coefficient (Wildman–Crippen LogP) is 2.08. The van der Waals surface area contributed by atoms with Crippen molar-refractivity contribution in [1.82, 2.24) is 20.3 Å². The summed E-state index contributed by atoms with van der Waals surface area (Å²) in [6, 6.07) is 5.37. The van der Waals surface area contributed by atoms with E-state index in [2.05, 4.69) is 29.3 Å². The largest absolute Gasteiger partial charge is 0.341 e. The third kappa shape index (κ3) is 2.50. The fourth-order valence-corrected chi connectivity index (χ4v) is 1.87. The molecule has 0 saturated heterocycles. The highest BCUT2D eigenvalue weighted by atomic mass is 16.2. The molecule has 96 valence electrons. The van der Waals surface area contributed by atoms with Gasteiger partial charge in [-0.15, -0.1) is 0 Å². The highest BCUT2D eigenvalue weighted by Crippen LogP contribution is 2.13. The highest BCUT2D eigenvalue weighted by molar-refractivity contribution is 5.97. The lowest BCUT2D eigenvalue weighted by molar-refractivity contribution is 0.0775. The van der Waals surface area contributed by atoms with E-state index in [-0.39, 0.29) is 5.91 Å². The van der Waals surface area contributed by atoms with Crippen molar-refractivity contribution in [3.8, 4) is 0 Å². The Morgan fingerprint density at radius 3 is 2.83 bits per heavy atom. The summed E-state index contributed by atoms with van der Waals surface area (Å²) in [5.41, 5.74) is 2.15. The summed E-state index contributed by atoms with van der Waals surface area (Å²) in [5.74, 6) is 0.537. The summed E-state index contributed by atoms with van der Waals surface area (Å²) in [4.78, 5) is 14.0. The average Bonchev–Trinajstić information content (AvgIpc) is 2.84. The number of fused-ring (bicyclic) bond motifs is 1. The van der Waals surface area contributed by atoms with Crippen molar-refractivity contribution in [2.24, 2.45) is 5.92 Å². The molecule has 1 heterocycles. The molecule has 0 fully saturated rings. The second-order valence-corrected chi connectivity index (χ2v) is 4.73. The molecule has 0 saturated carbocycles. The first-order valence-corrected chi connectivity index (χ1v) is 6.17. The number of nitrogens with zero attached hydrogens (tertiary/aromatic N) is 3. The van der Waals surface area contributed by atoms with Gasteiger partial charge in [0, 0.05) is 19.2 Å². The van der Waals surface area contributed by atoms with Crippen LogP contribution in [0.3, 0.4) is 0 Å². The molecule has 1 amide bonds. The average molecular weight is 246 g/mol. The summed E-state index contributed by atoms with van der Waals surface area (Å²) < 4.78 is 0. The molecular weight excluding hydrogens is 228 g/mol. The van der Waals surface area contributed by atoms with E-state index in [1.807, 2.05) is 13.1 Å². The maximum atomic E-state index is 12.2. The number of H-pyrrole nitrogens is 1. The Labute approximate surface area is 106 Å². The number of carbonyl (C=O) groups is 1. The molecule has 0 spiro atoms. The van der Waals surface area contributed by atoms with Crippen LogP contribution < -0.4 is 0 Å². The number of carbonyl (C=O) groups excluding carboxylic acids is 1. The lowest BCUT2D eigenvalue weighted by atomic mass is 10.1. The van der Waals surface area contributed by atoms with Gasteiger partial charge in [0.15, 0.2) is 0 Å². The van der Waals surface area contributed by atoms with E-state index in [9.17, 15) is 4.79 Å². The van der Waals surface area contributed by atoms with E-state index < -0.39 is 0 Å². The van der Waals surface area contributed by atoms with Crippen molar-refractivity contribution >= 4 is 16.9 Å². The predicted molar refractivity (Wildman–Crippen MR) is 70.3 cm³/mol. The van der Waals surface area contributed by atoms with Crippen LogP contribution in [0.1, 0.15) is 30.6 Å². The third-order valence-corrected chi connectivity index (χ3v) is 3.19. The minimum Gasteiger partial charge on any atom is -0.341 e. The van der Waals surface area contributed by atoms with Crippen molar-refractivity contribution in [2.45, 2.75) is 20.3 Å². The molecule has 1 aromatic carbocycles. The molecule has 0 radical (unpaired) electrons. The Kier molecular flexibility index (Phi) is 3.60. The molecule has 1 N–H and O–H groups in total. The Morgan fingerprint density at radius 2 is 2.11 bits per heavy atom. The first-order chi connectivity index (χ1) is 8.61. The van der Waals surface area contributed by atoms with Crippen LogP contribution in [-0.2, 0) is 0 Å². The molecule has 1 aromatic heterocycles. The number of nitrogens with one attached hydrogen (secondary N) is 1. The van der Waals surface area contributed by atoms with Gasteiger partial charge in [0.2, 0.25) is 0 Å². The van der Waals surface area contributed by atoms with Gasteiger partial charge in [-0.3, -0.25) is 4.79 Å². The Hall–Kier alpha value is -1.91. The van der Waals surface area contributed by atoms with Crippen molar-refractivity contribution in [3.63, 3.8) is 0 Å². The smallest absolute Gasteiger partial charge is 0.253 e. The lowest BCUT2D eigenvalue weighted by Crippen LogP contribution is -2.30. The Morgan fingerprint density at radius 1 is 1.39 bits per heavy atom. The SMILES string of the molecule is CC[C@@H](C)CN(C)C(=O)c1ccc2n[nH]nc2c1.